The summed E-state index contributed by atoms with van der Waals surface area (Å²) in [5.41, 5.74) is 4.85. The molecule has 26 heavy (non-hydrogen) atoms. The van der Waals surface area contributed by atoms with Crippen LogP contribution in [0.2, 0.25) is 0 Å². The minimum atomic E-state index is -0.595. The molecule has 2 aromatic carbocycles. The highest BCUT2D eigenvalue weighted by atomic mass is 16.5. The molecule has 138 valence electrons. The summed E-state index contributed by atoms with van der Waals surface area (Å²) < 4.78 is 4.68. The number of aliphatic hydroxyl groups excluding tert-OH is 1. The Balaban J connectivity index is 1.92. The third-order valence-corrected chi connectivity index (χ3v) is 4.19. The van der Waals surface area contributed by atoms with Crippen molar-refractivity contribution in [3.63, 3.8) is 0 Å². The summed E-state index contributed by atoms with van der Waals surface area (Å²) in [6, 6.07) is 14.7. The highest BCUT2D eigenvalue weighted by Crippen LogP contribution is 2.25. The topological polar surface area (TPSA) is 95.9 Å². The van der Waals surface area contributed by atoms with E-state index >= 15 is 0 Å². The van der Waals surface area contributed by atoms with Crippen LogP contribution in [0.5, 0.6) is 0 Å². The fourth-order valence-corrected chi connectivity index (χ4v) is 2.66. The number of amides is 1. The Labute approximate surface area is 152 Å². The summed E-state index contributed by atoms with van der Waals surface area (Å²) in [7, 11) is 1.35. The van der Waals surface area contributed by atoms with Crippen molar-refractivity contribution in [2.75, 3.05) is 7.11 Å². The number of benzene rings is 2. The standard InChI is InChI=1S/C20H23NO5/c1-26-20(24)17-12-8-15(9-13-17)14-6-10-16(11-7-14)18(22)4-2-3-5-19(23)21-25/h6-13,18,22,25H,2-5H2,1H3,(H,21,23). The minimum Gasteiger partial charge on any atom is -0.465 e. The molecule has 0 radical (unpaired) electrons. The lowest BCUT2D eigenvalue weighted by Crippen LogP contribution is -2.17. The van der Waals surface area contributed by atoms with Gasteiger partial charge in [0.25, 0.3) is 0 Å². The number of nitrogens with one attached hydrogen (secondary N) is 1. The summed E-state index contributed by atoms with van der Waals surface area (Å²) in [5, 5.41) is 18.7. The van der Waals surface area contributed by atoms with Crippen LogP contribution in [0.1, 0.15) is 47.7 Å². The Kier molecular flexibility index (Phi) is 7.32. The maximum Gasteiger partial charge on any atom is 0.337 e. The number of hydroxylamine groups is 1. The lowest BCUT2D eigenvalue weighted by molar-refractivity contribution is -0.129. The number of aliphatic hydroxyl groups is 1. The van der Waals surface area contributed by atoms with Crippen molar-refractivity contribution in [3.8, 4) is 11.1 Å². The predicted octanol–water partition coefficient (Wildman–Crippen LogP) is 3.24. The van der Waals surface area contributed by atoms with E-state index in [2.05, 4.69) is 4.74 Å². The van der Waals surface area contributed by atoms with Crippen LogP contribution in [0.15, 0.2) is 48.5 Å². The zero-order valence-electron chi connectivity index (χ0n) is 14.6. The van der Waals surface area contributed by atoms with Crippen molar-refractivity contribution in [1.29, 1.82) is 0 Å². The van der Waals surface area contributed by atoms with Gasteiger partial charge in [0, 0.05) is 6.42 Å². The number of carbonyl (C=O) groups is 2. The van der Waals surface area contributed by atoms with Gasteiger partial charge in [0.1, 0.15) is 0 Å². The summed E-state index contributed by atoms with van der Waals surface area (Å²) >= 11 is 0. The van der Waals surface area contributed by atoms with Crippen LogP contribution in [0.3, 0.4) is 0 Å². The monoisotopic (exact) mass is 357 g/mol. The quantitative estimate of drug-likeness (QED) is 0.292. The van der Waals surface area contributed by atoms with E-state index in [1.165, 1.54) is 7.11 Å². The summed E-state index contributed by atoms with van der Waals surface area (Å²) in [6.45, 7) is 0. The maximum absolute atomic E-state index is 11.5. The average Bonchev–Trinajstić information content (AvgIpc) is 2.70. The molecule has 6 heteroatoms. The van der Waals surface area contributed by atoms with E-state index < -0.39 is 12.0 Å². The van der Waals surface area contributed by atoms with Crippen molar-refractivity contribution >= 4 is 11.9 Å². The second kappa shape index (κ2) is 9.70. The van der Waals surface area contributed by atoms with Crippen molar-refractivity contribution in [2.45, 2.75) is 31.8 Å². The molecule has 0 aliphatic carbocycles. The van der Waals surface area contributed by atoms with E-state index in [-0.39, 0.29) is 12.4 Å². The SMILES string of the molecule is COC(=O)c1ccc(-c2ccc(C(O)CCCCC(=O)NO)cc2)cc1. The first-order valence-corrected chi connectivity index (χ1v) is 8.45. The third kappa shape index (κ3) is 5.40. The van der Waals surface area contributed by atoms with Gasteiger partial charge in [-0.2, -0.15) is 0 Å². The molecule has 0 fully saturated rings. The maximum atomic E-state index is 11.5. The van der Waals surface area contributed by atoms with E-state index in [1.54, 1.807) is 17.6 Å². The third-order valence-electron chi connectivity index (χ3n) is 4.19. The number of methoxy groups -OCH3 is 1. The molecule has 0 spiro atoms. The lowest BCUT2D eigenvalue weighted by atomic mass is 9.98. The molecule has 3 N–H and O–H groups in total. The molecular weight excluding hydrogens is 334 g/mol. The fourth-order valence-electron chi connectivity index (χ4n) is 2.66. The van der Waals surface area contributed by atoms with Gasteiger partial charge < -0.3 is 9.84 Å². The van der Waals surface area contributed by atoms with Crippen LogP contribution in [0, 0.1) is 0 Å². The zero-order valence-corrected chi connectivity index (χ0v) is 14.6. The van der Waals surface area contributed by atoms with E-state index in [4.69, 9.17) is 5.21 Å². The molecule has 0 heterocycles. The molecule has 1 unspecified atom stereocenters. The highest BCUT2D eigenvalue weighted by molar-refractivity contribution is 5.89. The summed E-state index contributed by atoms with van der Waals surface area (Å²) in [5.74, 6) is -0.784. The molecule has 0 aliphatic heterocycles. The lowest BCUT2D eigenvalue weighted by Gasteiger charge is -2.12. The Morgan fingerprint density at radius 1 is 1.00 bits per heavy atom. The van der Waals surface area contributed by atoms with Gasteiger partial charge in [0.15, 0.2) is 0 Å². The molecule has 2 rings (SSSR count). The van der Waals surface area contributed by atoms with E-state index in [9.17, 15) is 14.7 Å². The molecule has 1 atom stereocenters. The number of ether oxygens (including phenoxy) is 1. The Morgan fingerprint density at radius 3 is 2.12 bits per heavy atom. The van der Waals surface area contributed by atoms with Gasteiger partial charge in [0.05, 0.1) is 18.8 Å². The smallest absolute Gasteiger partial charge is 0.337 e. The van der Waals surface area contributed by atoms with E-state index in [0.29, 0.717) is 24.8 Å². The number of hydrogen-bond donors (Lipinski definition) is 3. The normalized spacial score (nSPS) is 11.7. The minimum absolute atomic E-state index is 0.240. The van der Waals surface area contributed by atoms with Gasteiger partial charge in [-0.05, 0) is 41.7 Å². The van der Waals surface area contributed by atoms with Crippen LogP contribution in [-0.4, -0.2) is 29.3 Å². The first kappa shape index (κ1) is 19.6. The Morgan fingerprint density at radius 2 is 1.58 bits per heavy atom. The van der Waals surface area contributed by atoms with Gasteiger partial charge in [-0.15, -0.1) is 0 Å². The average molecular weight is 357 g/mol. The second-order valence-corrected chi connectivity index (χ2v) is 5.99. The number of unbranched alkanes of at least 4 members (excludes halogenated alkanes) is 1. The highest BCUT2D eigenvalue weighted by Gasteiger charge is 2.09. The van der Waals surface area contributed by atoms with Crippen LogP contribution in [-0.2, 0) is 9.53 Å². The Hall–Kier alpha value is -2.70. The molecule has 0 saturated heterocycles. The fraction of sp³-hybridized carbons (Fsp3) is 0.300. The van der Waals surface area contributed by atoms with Crippen molar-refractivity contribution in [3.05, 3.63) is 59.7 Å². The molecule has 0 saturated carbocycles. The predicted molar refractivity (Wildman–Crippen MR) is 96.6 cm³/mol. The molecule has 0 aliphatic rings. The molecule has 1 amide bonds. The van der Waals surface area contributed by atoms with Crippen LogP contribution >= 0.6 is 0 Å². The van der Waals surface area contributed by atoms with Gasteiger partial charge in [-0.25, -0.2) is 10.3 Å². The van der Waals surface area contributed by atoms with Gasteiger partial charge >= 0.3 is 5.97 Å². The molecular formula is C20H23NO5. The molecule has 2 aromatic rings. The first-order chi connectivity index (χ1) is 12.5. The molecule has 6 nitrogen and oxygen atoms in total. The summed E-state index contributed by atoms with van der Waals surface area (Å²) in [6.07, 6.45) is 1.48. The van der Waals surface area contributed by atoms with E-state index in [0.717, 1.165) is 16.7 Å². The van der Waals surface area contributed by atoms with Gasteiger partial charge in [-0.3, -0.25) is 10.0 Å². The number of carbonyl (C=O) groups excluding carboxylic acids is 2. The van der Waals surface area contributed by atoms with Gasteiger partial charge in [-0.1, -0.05) is 42.8 Å². The van der Waals surface area contributed by atoms with Crippen LogP contribution < -0.4 is 5.48 Å². The van der Waals surface area contributed by atoms with Crippen LogP contribution in [0.4, 0.5) is 0 Å². The van der Waals surface area contributed by atoms with E-state index in [1.807, 2.05) is 36.4 Å². The van der Waals surface area contributed by atoms with Crippen molar-refractivity contribution < 1.29 is 24.6 Å². The Bertz CT molecular complexity index is 725. The number of esters is 1. The summed E-state index contributed by atoms with van der Waals surface area (Å²) in [4.78, 5) is 22.4. The second-order valence-electron chi connectivity index (χ2n) is 5.99. The largest absolute Gasteiger partial charge is 0.465 e. The number of hydrogen-bond acceptors (Lipinski definition) is 5. The zero-order chi connectivity index (χ0) is 18.9. The molecule has 0 aromatic heterocycles. The first-order valence-electron chi connectivity index (χ1n) is 8.45. The van der Waals surface area contributed by atoms with Crippen molar-refractivity contribution in [1.82, 2.24) is 5.48 Å². The van der Waals surface area contributed by atoms with Gasteiger partial charge in [0.2, 0.25) is 5.91 Å². The molecule has 0 bridgehead atoms. The number of rotatable bonds is 8. The van der Waals surface area contributed by atoms with Crippen molar-refractivity contribution in [2.24, 2.45) is 0 Å². The van der Waals surface area contributed by atoms with Crippen LogP contribution in [0.25, 0.3) is 11.1 Å².